The summed E-state index contributed by atoms with van der Waals surface area (Å²) in [5, 5.41) is 2.82. The second-order valence-corrected chi connectivity index (χ2v) is 6.35. The predicted molar refractivity (Wildman–Crippen MR) is 104 cm³/mol. The molecule has 0 saturated heterocycles. The maximum absolute atomic E-state index is 12.7. The summed E-state index contributed by atoms with van der Waals surface area (Å²) in [4.78, 5) is 16.7. The SMILES string of the molecule is COc1ccccc1COc1ccc(Br)cc1C(=O)Nc1cccnc1. The largest absolute Gasteiger partial charge is 0.496 e. The molecule has 0 aliphatic carbocycles. The predicted octanol–water partition coefficient (Wildman–Crippen LogP) is 4.68. The average Bonchev–Trinajstić information content (AvgIpc) is 2.68. The number of hydrogen-bond acceptors (Lipinski definition) is 4. The van der Waals surface area contributed by atoms with E-state index in [2.05, 4.69) is 26.2 Å². The number of rotatable bonds is 6. The molecule has 6 heteroatoms. The number of pyridine rings is 1. The van der Waals surface area contributed by atoms with Gasteiger partial charge in [0.05, 0.1) is 24.6 Å². The lowest BCUT2D eigenvalue weighted by atomic mass is 10.1. The third-order valence-electron chi connectivity index (χ3n) is 3.68. The number of halogens is 1. The Balaban J connectivity index is 1.80. The fourth-order valence-corrected chi connectivity index (χ4v) is 2.78. The topological polar surface area (TPSA) is 60.5 Å². The minimum absolute atomic E-state index is 0.269. The summed E-state index contributed by atoms with van der Waals surface area (Å²) in [5.74, 6) is 0.959. The molecule has 1 heterocycles. The minimum Gasteiger partial charge on any atom is -0.496 e. The number of amides is 1. The third-order valence-corrected chi connectivity index (χ3v) is 4.17. The Kier molecular flexibility index (Phi) is 5.86. The van der Waals surface area contributed by atoms with Crippen molar-refractivity contribution in [3.8, 4) is 11.5 Å². The molecule has 0 bridgehead atoms. The number of aromatic nitrogens is 1. The number of hydrogen-bond donors (Lipinski definition) is 1. The maximum Gasteiger partial charge on any atom is 0.259 e. The van der Waals surface area contributed by atoms with Gasteiger partial charge in [-0.3, -0.25) is 9.78 Å². The molecule has 3 rings (SSSR count). The average molecular weight is 413 g/mol. The fourth-order valence-electron chi connectivity index (χ4n) is 2.42. The van der Waals surface area contributed by atoms with E-state index in [1.54, 1.807) is 43.8 Å². The second kappa shape index (κ2) is 8.49. The number of carbonyl (C=O) groups excluding carboxylic acids is 1. The summed E-state index contributed by atoms with van der Waals surface area (Å²) in [6, 6.07) is 16.5. The highest BCUT2D eigenvalue weighted by Crippen LogP contribution is 2.26. The monoisotopic (exact) mass is 412 g/mol. The van der Waals surface area contributed by atoms with Crippen LogP contribution >= 0.6 is 15.9 Å². The number of anilines is 1. The molecule has 0 radical (unpaired) electrons. The van der Waals surface area contributed by atoms with Crippen LogP contribution in [0.15, 0.2) is 71.5 Å². The summed E-state index contributed by atoms with van der Waals surface area (Å²) in [7, 11) is 1.62. The number of nitrogens with zero attached hydrogens (tertiary/aromatic N) is 1. The number of ether oxygens (including phenoxy) is 2. The minimum atomic E-state index is -0.269. The number of para-hydroxylation sites is 1. The van der Waals surface area contributed by atoms with Crippen LogP contribution in [0, 0.1) is 0 Å². The summed E-state index contributed by atoms with van der Waals surface area (Å²) in [6.07, 6.45) is 3.24. The van der Waals surface area contributed by atoms with Crippen molar-refractivity contribution in [3.05, 3.63) is 82.6 Å². The van der Waals surface area contributed by atoms with E-state index in [1.165, 1.54) is 0 Å². The molecule has 0 fully saturated rings. The lowest BCUT2D eigenvalue weighted by Crippen LogP contribution is -2.14. The van der Waals surface area contributed by atoms with Crippen molar-refractivity contribution in [1.82, 2.24) is 4.98 Å². The Bertz CT molecular complexity index is 901. The molecule has 0 spiro atoms. The van der Waals surface area contributed by atoms with Gasteiger partial charge in [-0.1, -0.05) is 34.1 Å². The van der Waals surface area contributed by atoms with Crippen molar-refractivity contribution >= 4 is 27.5 Å². The van der Waals surface area contributed by atoms with E-state index in [9.17, 15) is 4.79 Å². The Hall–Kier alpha value is -2.86. The van der Waals surface area contributed by atoms with E-state index < -0.39 is 0 Å². The molecule has 0 aliphatic rings. The number of benzene rings is 2. The normalized spacial score (nSPS) is 10.2. The van der Waals surface area contributed by atoms with Crippen LogP contribution in [0.25, 0.3) is 0 Å². The maximum atomic E-state index is 12.7. The van der Waals surface area contributed by atoms with Gasteiger partial charge in [0.25, 0.3) is 5.91 Å². The molecular weight excluding hydrogens is 396 g/mol. The van der Waals surface area contributed by atoms with Crippen molar-refractivity contribution in [1.29, 1.82) is 0 Å². The van der Waals surface area contributed by atoms with Gasteiger partial charge in [-0.2, -0.15) is 0 Å². The number of methoxy groups -OCH3 is 1. The van der Waals surface area contributed by atoms with Crippen molar-refractivity contribution in [2.45, 2.75) is 6.61 Å². The Morgan fingerprint density at radius 3 is 2.73 bits per heavy atom. The van der Waals surface area contributed by atoms with Gasteiger partial charge in [0.2, 0.25) is 0 Å². The molecule has 5 nitrogen and oxygen atoms in total. The van der Waals surface area contributed by atoms with Gasteiger partial charge in [-0.25, -0.2) is 0 Å². The van der Waals surface area contributed by atoms with Crippen molar-refractivity contribution < 1.29 is 14.3 Å². The first-order valence-corrected chi connectivity index (χ1v) is 8.72. The van der Waals surface area contributed by atoms with Gasteiger partial charge in [0.1, 0.15) is 18.1 Å². The highest BCUT2D eigenvalue weighted by molar-refractivity contribution is 9.10. The van der Waals surface area contributed by atoms with Crippen molar-refractivity contribution in [2.75, 3.05) is 12.4 Å². The Morgan fingerprint density at radius 1 is 1.12 bits per heavy atom. The fraction of sp³-hybridized carbons (Fsp3) is 0.100. The standard InChI is InChI=1S/C20H17BrN2O3/c1-25-18-7-3-2-5-14(18)13-26-19-9-8-15(21)11-17(19)20(24)23-16-6-4-10-22-12-16/h2-12H,13H2,1H3,(H,23,24). The highest BCUT2D eigenvalue weighted by atomic mass is 79.9. The molecular formula is C20H17BrN2O3. The van der Waals surface area contributed by atoms with Gasteiger partial charge < -0.3 is 14.8 Å². The van der Waals surface area contributed by atoms with Gasteiger partial charge in [-0.05, 0) is 36.4 Å². The lowest BCUT2D eigenvalue weighted by molar-refractivity contribution is 0.102. The Morgan fingerprint density at radius 2 is 1.96 bits per heavy atom. The molecule has 3 aromatic rings. The first-order chi connectivity index (χ1) is 12.7. The van der Waals surface area contributed by atoms with Crippen LogP contribution in [0.2, 0.25) is 0 Å². The van der Waals surface area contributed by atoms with Crippen LogP contribution in [0.3, 0.4) is 0 Å². The zero-order valence-electron chi connectivity index (χ0n) is 14.1. The zero-order valence-corrected chi connectivity index (χ0v) is 15.7. The second-order valence-electron chi connectivity index (χ2n) is 5.44. The summed E-state index contributed by atoms with van der Waals surface area (Å²) in [5.41, 5.74) is 1.95. The van der Waals surface area contributed by atoms with E-state index in [0.717, 1.165) is 15.8 Å². The smallest absolute Gasteiger partial charge is 0.259 e. The molecule has 0 aliphatic heterocycles. The van der Waals surface area contributed by atoms with E-state index in [1.807, 2.05) is 30.3 Å². The number of carbonyl (C=O) groups is 1. The summed E-state index contributed by atoms with van der Waals surface area (Å²) < 4.78 is 12.0. The van der Waals surface area contributed by atoms with Crippen molar-refractivity contribution in [3.63, 3.8) is 0 Å². The van der Waals surface area contributed by atoms with E-state index in [0.29, 0.717) is 23.6 Å². The first kappa shape index (κ1) is 17.9. The lowest BCUT2D eigenvalue weighted by Gasteiger charge is -2.14. The molecule has 1 amide bonds. The molecule has 26 heavy (non-hydrogen) atoms. The van der Waals surface area contributed by atoms with E-state index in [4.69, 9.17) is 9.47 Å². The quantitative estimate of drug-likeness (QED) is 0.638. The molecule has 2 aromatic carbocycles. The van der Waals surface area contributed by atoms with Crippen molar-refractivity contribution in [2.24, 2.45) is 0 Å². The van der Waals surface area contributed by atoms with Crippen LogP contribution in [-0.4, -0.2) is 18.0 Å². The zero-order chi connectivity index (χ0) is 18.4. The van der Waals surface area contributed by atoms with Gasteiger partial charge in [-0.15, -0.1) is 0 Å². The van der Waals surface area contributed by atoms with E-state index in [-0.39, 0.29) is 5.91 Å². The molecule has 0 atom stereocenters. The van der Waals surface area contributed by atoms with E-state index >= 15 is 0 Å². The molecule has 0 unspecified atom stereocenters. The van der Waals surface area contributed by atoms with Crippen LogP contribution in [-0.2, 0) is 6.61 Å². The van der Waals surface area contributed by atoms with Crippen LogP contribution in [0.4, 0.5) is 5.69 Å². The molecule has 1 N–H and O–H groups in total. The summed E-state index contributed by atoms with van der Waals surface area (Å²) in [6.45, 7) is 0.290. The summed E-state index contributed by atoms with van der Waals surface area (Å²) >= 11 is 3.40. The Labute approximate surface area is 160 Å². The molecule has 1 aromatic heterocycles. The van der Waals surface area contributed by atoms with Crippen LogP contribution < -0.4 is 14.8 Å². The molecule has 0 saturated carbocycles. The van der Waals surface area contributed by atoms with Crippen LogP contribution in [0.1, 0.15) is 15.9 Å². The van der Waals surface area contributed by atoms with Gasteiger partial charge >= 0.3 is 0 Å². The van der Waals surface area contributed by atoms with Crippen LogP contribution in [0.5, 0.6) is 11.5 Å². The van der Waals surface area contributed by atoms with Gasteiger partial charge in [0.15, 0.2) is 0 Å². The van der Waals surface area contributed by atoms with Gasteiger partial charge in [0, 0.05) is 16.2 Å². The molecule has 132 valence electrons. The third kappa shape index (κ3) is 4.40. The number of nitrogens with one attached hydrogen (secondary N) is 1. The highest BCUT2D eigenvalue weighted by Gasteiger charge is 2.14. The first-order valence-electron chi connectivity index (χ1n) is 7.93.